The van der Waals surface area contributed by atoms with Crippen molar-refractivity contribution in [2.45, 2.75) is 19.4 Å². The number of carbonyl (C=O) groups excluding carboxylic acids is 2. The van der Waals surface area contributed by atoms with Crippen molar-refractivity contribution >= 4 is 11.8 Å². The molecule has 22 heavy (non-hydrogen) atoms. The SMILES string of the molecule is C#CC[C@@H](NC(=O)c1cc(C)n(-c2ccccc2)n1)C(N)=O. The summed E-state index contributed by atoms with van der Waals surface area (Å²) in [5, 5.41) is 6.75. The number of hydrogen-bond acceptors (Lipinski definition) is 3. The van der Waals surface area contributed by atoms with Crippen molar-refractivity contribution in [2.75, 3.05) is 0 Å². The highest BCUT2D eigenvalue weighted by Crippen LogP contribution is 2.11. The summed E-state index contributed by atoms with van der Waals surface area (Å²) < 4.78 is 1.65. The first-order chi connectivity index (χ1) is 10.5. The maximum Gasteiger partial charge on any atom is 0.272 e. The summed E-state index contributed by atoms with van der Waals surface area (Å²) in [6.07, 6.45) is 5.20. The van der Waals surface area contributed by atoms with E-state index in [-0.39, 0.29) is 12.1 Å². The second-order valence-electron chi connectivity index (χ2n) is 4.75. The van der Waals surface area contributed by atoms with Gasteiger partial charge in [0.05, 0.1) is 5.69 Å². The summed E-state index contributed by atoms with van der Waals surface area (Å²) in [6, 6.07) is 10.2. The summed E-state index contributed by atoms with van der Waals surface area (Å²) in [7, 11) is 0. The molecule has 1 atom stereocenters. The van der Waals surface area contributed by atoms with Gasteiger partial charge in [-0.25, -0.2) is 4.68 Å². The van der Waals surface area contributed by atoms with Gasteiger partial charge in [-0.3, -0.25) is 9.59 Å². The standard InChI is InChI=1S/C16H16N4O2/c1-3-7-13(15(17)21)18-16(22)14-10-11(2)20(19-14)12-8-5-4-6-9-12/h1,4-6,8-10,13H,7H2,2H3,(H2,17,21)(H,18,22)/t13-/m1/s1. The number of primary amides is 1. The maximum absolute atomic E-state index is 12.2. The first kappa shape index (κ1) is 15.3. The fraction of sp³-hybridized carbons (Fsp3) is 0.188. The van der Waals surface area contributed by atoms with Gasteiger partial charge in [-0.1, -0.05) is 18.2 Å². The van der Waals surface area contributed by atoms with Crippen molar-refractivity contribution in [3.63, 3.8) is 0 Å². The van der Waals surface area contributed by atoms with Crippen molar-refractivity contribution in [2.24, 2.45) is 5.73 Å². The van der Waals surface area contributed by atoms with E-state index in [2.05, 4.69) is 16.3 Å². The highest BCUT2D eigenvalue weighted by molar-refractivity contribution is 5.96. The number of benzene rings is 1. The third-order valence-electron chi connectivity index (χ3n) is 3.09. The van der Waals surface area contributed by atoms with Crippen molar-refractivity contribution in [3.8, 4) is 18.0 Å². The Hall–Kier alpha value is -3.07. The second kappa shape index (κ2) is 6.59. The number of rotatable bonds is 5. The lowest BCUT2D eigenvalue weighted by Gasteiger charge is -2.11. The quantitative estimate of drug-likeness (QED) is 0.799. The van der Waals surface area contributed by atoms with Crippen LogP contribution in [0.1, 0.15) is 22.6 Å². The van der Waals surface area contributed by atoms with Crippen LogP contribution in [0.25, 0.3) is 5.69 Å². The van der Waals surface area contributed by atoms with Crippen LogP contribution < -0.4 is 11.1 Å². The van der Waals surface area contributed by atoms with Gasteiger partial charge in [-0.2, -0.15) is 5.10 Å². The second-order valence-corrected chi connectivity index (χ2v) is 4.75. The van der Waals surface area contributed by atoms with E-state index >= 15 is 0 Å². The Morgan fingerprint density at radius 3 is 2.68 bits per heavy atom. The molecule has 0 aliphatic rings. The molecule has 0 fully saturated rings. The Morgan fingerprint density at radius 1 is 1.41 bits per heavy atom. The molecule has 6 nitrogen and oxygen atoms in total. The van der Waals surface area contributed by atoms with E-state index in [0.717, 1.165) is 11.4 Å². The van der Waals surface area contributed by atoms with Crippen LogP contribution in [0.2, 0.25) is 0 Å². The van der Waals surface area contributed by atoms with E-state index in [0.29, 0.717) is 0 Å². The number of para-hydroxylation sites is 1. The number of aryl methyl sites for hydroxylation is 1. The van der Waals surface area contributed by atoms with Gasteiger partial charge in [0.1, 0.15) is 6.04 Å². The zero-order chi connectivity index (χ0) is 16.1. The minimum Gasteiger partial charge on any atom is -0.368 e. The Bertz CT molecular complexity index is 728. The molecule has 2 aromatic rings. The van der Waals surface area contributed by atoms with E-state index < -0.39 is 17.9 Å². The summed E-state index contributed by atoms with van der Waals surface area (Å²) in [5.41, 5.74) is 7.04. The lowest BCUT2D eigenvalue weighted by atomic mass is 10.2. The molecular formula is C16H16N4O2. The normalized spacial score (nSPS) is 11.5. The predicted octanol–water partition coefficient (Wildman–Crippen LogP) is 0.788. The molecular weight excluding hydrogens is 280 g/mol. The first-order valence-electron chi connectivity index (χ1n) is 6.68. The largest absolute Gasteiger partial charge is 0.368 e. The Labute approximate surface area is 128 Å². The molecule has 1 aromatic carbocycles. The average Bonchev–Trinajstić information content (AvgIpc) is 2.89. The van der Waals surface area contributed by atoms with Gasteiger partial charge in [-0.05, 0) is 25.1 Å². The number of amides is 2. The van der Waals surface area contributed by atoms with E-state index in [4.69, 9.17) is 12.2 Å². The molecule has 0 bridgehead atoms. The molecule has 0 saturated carbocycles. The van der Waals surface area contributed by atoms with Gasteiger partial charge in [0.25, 0.3) is 5.91 Å². The third kappa shape index (κ3) is 3.33. The minimum atomic E-state index is -0.903. The number of nitrogens with zero attached hydrogens (tertiary/aromatic N) is 2. The van der Waals surface area contributed by atoms with Gasteiger partial charge in [0.2, 0.25) is 5.91 Å². The van der Waals surface area contributed by atoms with E-state index in [1.165, 1.54) is 0 Å². The van der Waals surface area contributed by atoms with Crippen LogP contribution in [0.3, 0.4) is 0 Å². The number of nitrogens with one attached hydrogen (secondary N) is 1. The summed E-state index contributed by atoms with van der Waals surface area (Å²) in [4.78, 5) is 23.4. The molecule has 1 heterocycles. The number of terminal acetylenes is 1. The van der Waals surface area contributed by atoms with Crippen molar-refractivity contribution in [1.29, 1.82) is 0 Å². The molecule has 0 spiro atoms. The van der Waals surface area contributed by atoms with Crippen LogP contribution >= 0.6 is 0 Å². The minimum absolute atomic E-state index is 0.0411. The molecule has 0 radical (unpaired) electrons. The number of hydrogen-bond donors (Lipinski definition) is 2. The fourth-order valence-corrected chi connectivity index (χ4v) is 1.99. The smallest absolute Gasteiger partial charge is 0.272 e. The molecule has 2 amide bonds. The van der Waals surface area contributed by atoms with Crippen LogP contribution in [0.4, 0.5) is 0 Å². The monoisotopic (exact) mass is 296 g/mol. The van der Waals surface area contributed by atoms with Gasteiger partial charge in [0, 0.05) is 12.1 Å². The van der Waals surface area contributed by atoms with Gasteiger partial charge >= 0.3 is 0 Å². The molecule has 0 unspecified atom stereocenters. The molecule has 2 rings (SSSR count). The van der Waals surface area contributed by atoms with Crippen LogP contribution in [-0.2, 0) is 4.79 Å². The lowest BCUT2D eigenvalue weighted by Crippen LogP contribution is -2.44. The Morgan fingerprint density at radius 2 is 2.09 bits per heavy atom. The zero-order valence-electron chi connectivity index (χ0n) is 12.1. The topological polar surface area (TPSA) is 90.0 Å². The number of nitrogens with two attached hydrogens (primary N) is 1. The van der Waals surface area contributed by atoms with E-state index in [9.17, 15) is 9.59 Å². The molecule has 0 aliphatic heterocycles. The van der Waals surface area contributed by atoms with Crippen LogP contribution in [-0.4, -0.2) is 27.6 Å². The molecule has 112 valence electrons. The molecule has 0 saturated heterocycles. The summed E-state index contributed by atoms with van der Waals surface area (Å²) in [6.45, 7) is 1.84. The third-order valence-corrected chi connectivity index (χ3v) is 3.09. The Balaban J connectivity index is 2.22. The lowest BCUT2D eigenvalue weighted by molar-refractivity contribution is -0.119. The maximum atomic E-state index is 12.2. The average molecular weight is 296 g/mol. The van der Waals surface area contributed by atoms with E-state index in [1.54, 1.807) is 10.7 Å². The summed E-state index contributed by atoms with van der Waals surface area (Å²) >= 11 is 0. The van der Waals surface area contributed by atoms with Gasteiger partial charge < -0.3 is 11.1 Å². The highest BCUT2D eigenvalue weighted by atomic mass is 16.2. The molecule has 6 heteroatoms. The number of carbonyl (C=O) groups is 2. The number of aromatic nitrogens is 2. The van der Waals surface area contributed by atoms with Gasteiger partial charge in [-0.15, -0.1) is 12.3 Å². The van der Waals surface area contributed by atoms with Crippen LogP contribution in [0, 0.1) is 19.3 Å². The summed E-state index contributed by atoms with van der Waals surface area (Å²) in [5.74, 6) is 1.14. The van der Waals surface area contributed by atoms with E-state index in [1.807, 2.05) is 37.3 Å². The van der Waals surface area contributed by atoms with Crippen LogP contribution in [0.5, 0.6) is 0 Å². The molecule has 0 aliphatic carbocycles. The van der Waals surface area contributed by atoms with Crippen molar-refractivity contribution < 1.29 is 9.59 Å². The van der Waals surface area contributed by atoms with Gasteiger partial charge in [0.15, 0.2) is 5.69 Å². The molecule has 1 aromatic heterocycles. The predicted molar refractivity (Wildman–Crippen MR) is 82.2 cm³/mol. The van der Waals surface area contributed by atoms with Crippen molar-refractivity contribution in [1.82, 2.24) is 15.1 Å². The zero-order valence-corrected chi connectivity index (χ0v) is 12.1. The van der Waals surface area contributed by atoms with Crippen molar-refractivity contribution in [3.05, 3.63) is 47.8 Å². The fourth-order valence-electron chi connectivity index (χ4n) is 1.99. The molecule has 3 N–H and O–H groups in total. The highest BCUT2D eigenvalue weighted by Gasteiger charge is 2.20. The first-order valence-corrected chi connectivity index (χ1v) is 6.68. The Kier molecular flexibility index (Phi) is 4.59. The van der Waals surface area contributed by atoms with Crippen LogP contribution in [0.15, 0.2) is 36.4 Å².